The quantitative estimate of drug-likeness (QED) is 0.0943. The maximum absolute atomic E-state index is 13.5. The summed E-state index contributed by atoms with van der Waals surface area (Å²) in [4.78, 5) is 44.9. The molecule has 0 aliphatic rings. The van der Waals surface area contributed by atoms with E-state index in [9.17, 15) is 14.4 Å². The van der Waals surface area contributed by atoms with Crippen LogP contribution in [-0.4, -0.2) is 42.2 Å². The number of rotatable bonds is 12. The second kappa shape index (κ2) is 15.7. The van der Waals surface area contributed by atoms with Gasteiger partial charge in [-0.2, -0.15) is 0 Å². The Morgan fingerprint density at radius 1 is 0.851 bits per heavy atom. The van der Waals surface area contributed by atoms with Crippen molar-refractivity contribution in [1.29, 1.82) is 0 Å². The van der Waals surface area contributed by atoms with E-state index in [4.69, 9.17) is 9.47 Å². The highest BCUT2D eigenvalue weighted by Crippen LogP contribution is 2.30. The molecule has 11 heteroatoms. The van der Waals surface area contributed by atoms with Gasteiger partial charge in [0.2, 0.25) is 5.91 Å². The fourth-order valence-electron chi connectivity index (χ4n) is 4.42. The van der Waals surface area contributed by atoms with E-state index in [0.717, 1.165) is 21.9 Å². The lowest BCUT2D eigenvalue weighted by Crippen LogP contribution is -2.30. The second-order valence-electron chi connectivity index (χ2n) is 10.1. The van der Waals surface area contributed by atoms with Crippen molar-refractivity contribution in [3.05, 3.63) is 125 Å². The number of benzene rings is 4. The van der Waals surface area contributed by atoms with E-state index in [2.05, 4.69) is 20.9 Å². The minimum Gasteiger partial charge on any atom is -0.497 e. The van der Waals surface area contributed by atoms with Gasteiger partial charge in [-0.05, 0) is 73.7 Å². The second-order valence-corrected chi connectivity index (χ2v) is 12.4. The highest BCUT2D eigenvalue weighted by atomic mass is 32.2. The van der Waals surface area contributed by atoms with Gasteiger partial charge in [0.1, 0.15) is 17.2 Å². The number of thiazole rings is 1. The molecule has 0 aliphatic heterocycles. The van der Waals surface area contributed by atoms with Crippen molar-refractivity contribution in [3.63, 3.8) is 0 Å². The van der Waals surface area contributed by atoms with Crippen LogP contribution in [0.15, 0.2) is 119 Å². The number of methoxy groups -OCH3 is 2. The number of carbonyl (C=O) groups is 3. The minimum atomic E-state index is -0.524. The summed E-state index contributed by atoms with van der Waals surface area (Å²) in [6.07, 6.45) is 1.57. The summed E-state index contributed by atoms with van der Waals surface area (Å²) < 4.78 is 10.7. The molecule has 238 valence electrons. The van der Waals surface area contributed by atoms with E-state index < -0.39 is 17.1 Å². The van der Waals surface area contributed by atoms with Crippen LogP contribution in [0.5, 0.6) is 11.5 Å². The molecule has 0 radical (unpaired) electrons. The monoisotopic (exact) mass is 664 g/mol. The Labute approximate surface area is 281 Å². The van der Waals surface area contributed by atoms with Crippen molar-refractivity contribution in [1.82, 2.24) is 10.3 Å². The number of carbonyl (C=O) groups excluding carboxylic acids is 3. The summed E-state index contributed by atoms with van der Waals surface area (Å²) in [5.74, 6) is 0.149. The largest absolute Gasteiger partial charge is 0.497 e. The average Bonchev–Trinajstić information content (AvgIpc) is 3.57. The molecule has 0 bridgehead atoms. The van der Waals surface area contributed by atoms with E-state index in [1.165, 1.54) is 30.2 Å². The fraction of sp³-hybridized carbons (Fsp3) is 0.111. The Hall–Kier alpha value is -5.39. The van der Waals surface area contributed by atoms with Crippen LogP contribution < -0.4 is 25.4 Å². The van der Waals surface area contributed by atoms with Crippen LogP contribution in [0.4, 0.5) is 10.8 Å². The van der Waals surface area contributed by atoms with Crippen molar-refractivity contribution in [3.8, 4) is 22.8 Å². The highest BCUT2D eigenvalue weighted by molar-refractivity contribution is 8.00. The van der Waals surface area contributed by atoms with Gasteiger partial charge in [-0.3, -0.25) is 14.4 Å². The number of anilines is 2. The molecule has 1 unspecified atom stereocenters. The van der Waals surface area contributed by atoms with E-state index in [-0.39, 0.29) is 11.6 Å². The first-order chi connectivity index (χ1) is 22.8. The molecule has 4 aromatic carbocycles. The predicted molar refractivity (Wildman–Crippen MR) is 188 cm³/mol. The lowest BCUT2D eigenvalue weighted by atomic mass is 10.1. The number of amides is 3. The SMILES string of the molecule is COc1ccc(-c2csc(NC(=O)C(C)Sc3cccc(NC(=O)/C(=C\c4ccccc4OC)NC(=O)c4ccccc4)c3)n2)cc1. The summed E-state index contributed by atoms with van der Waals surface area (Å²) in [5, 5.41) is 10.4. The Morgan fingerprint density at radius 3 is 2.34 bits per heavy atom. The van der Waals surface area contributed by atoms with Gasteiger partial charge in [0.05, 0.1) is 25.2 Å². The van der Waals surface area contributed by atoms with Gasteiger partial charge in [-0.15, -0.1) is 23.1 Å². The van der Waals surface area contributed by atoms with E-state index >= 15 is 0 Å². The standard InChI is InChI=1S/C36H32N4O5S2/c1-23(33(41)40-36-39-31(22-46-36)24-16-18-28(44-2)19-17-24)47-29-14-9-13-27(21-29)37-35(43)30(20-26-12-7-8-15-32(26)45-3)38-34(42)25-10-5-4-6-11-25/h4-23H,1-3H3,(H,37,43)(H,38,42)(H,39,40,41)/b30-20+. The molecule has 0 spiro atoms. The molecule has 5 rings (SSSR count). The van der Waals surface area contributed by atoms with Crippen LogP contribution >= 0.6 is 23.1 Å². The average molecular weight is 665 g/mol. The lowest BCUT2D eigenvalue weighted by Gasteiger charge is -2.14. The molecular weight excluding hydrogens is 633 g/mol. The van der Waals surface area contributed by atoms with Gasteiger partial charge in [-0.25, -0.2) is 4.98 Å². The Balaban J connectivity index is 1.26. The lowest BCUT2D eigenvalue weighted by molar-refractivity contribution is -0.115. The third-order valence-electron chi connectivity index (χ3n) is 6.86. The highest BCUT2D eigenvalue weighted by Gasteiger charge is 2.19. The van der Waals surface area contributed by atoms with Crippen LogP contribution in [0, 0.1) is 0 Å². The van der Waals surface area contributed by atoms with Crippen molar-refractivity contribution >= 4 is 57.7 Å². The third kappa shape index (κ3) is 8.87. The zero-order valence-corrected chi connectivity index (χ0v) is 27.5. The molecule has 1 aromatic heterocycles. The summed E-state index contributed by atoms with van der Waals surface area (Å²) in [5.41, 5.74) is 3.24. The van der Waals surface area contributed by atoms with Gasteiger partial charge < -0.3 is 25.4 Å². The molecule has 1 heterocycles. The summed E-state index contributed by atoms with van der Waals surface area (Å²) in [7, 11) is 3.15. The Kier molecular flexibility index (Phi) is 11.1. The van der Waals surface area contributed by atoms with Gasteiger partial charge >= 0.3 is 0 Å². The van der Waals surface area contributed by atoms with Gasteiger partial charge in [-0.1, -0.05) is 42.5 Å². The van der Waals surface area contributed by atoms with Crippen LogP contribution in [0.25, 0.3) is 17.3 Å². The van der Waals surface area contributed by atoms with Crippen molar-refractivity contribution in [2.45, 2.75) is 17.1 Å². The van der Waals surface area contributed by atoms with Crippen molar-refractivity contribution < 1.29 is 23.9 Å². The maximum Gasteiger partial charge on any atom is 0.272 e. The molecule has 0 saturated heterocycles. The molecule has 9 nitrogen and oxygen atoms in total. The summed E-state index contributed by atoms with van der Waals surface area (Å²) >= 11 is 2.69. The Morgan fingerprint density at radius 2 is 1.60 bits per heavy atom. The zero-order chi connectivity index (χ0) is 33.2. The molecule has 1 atom stereocenters. The van der Waals surface area contributed by atoms with E-state index in [1.807, 2.05) is 53.9 Å². The van der Waals surface area contributed by atoms with Crippen LogP contribution in [0.2, 0.25) is 0 Å². The van der Waals surface area contributed by atoms with E-state index in [0.29, 0.717) is 27.7 Å². The predicted octanol–water partition coefficient (Wildman–Crippen LogP) is 7.36. The molecule has 3 N–H and O–H groups in total. The normalized spacial score (nSPS) is 11.7. The molecular formula is C36H32N4O5S2. The topological polar surface area (TPSA) is 119 Å². The van der Waals surface area contributed by atoms with Crippen LogP contribution in [0.1, 0.15) is 22.8 Å². The number of hydrogen-bond acceptors (Lipinski definition) is 8. The first-order valence-corrected chi connectivity index (χ1v) is 16.3. The molecule has 3 amide bonds. The fourth-order valence-corrected chi connectivity index (χ4v) is 6.07. The minimum absolute atomic E-state index is 0.0339. The van der Waals surface area contributed by atoms with Crippen molar-refractivity contribution in [2.75, 3.05) is 24.9 Å². The third-order valence-corrected chi connectivity index (χ3v) is 8.71. The van der Waals surface area contributed by atoms with Gasteiger partial charge in [0.15, 0.2) is 5.13 Å². The Bertz CT molecular complexity index is 1890. The number of thioether (sulfide) groups is 1. The molecule has 0 aliphatic carbocycles. The van der Waals surface area contributed by atoms with Crippen LogP contribution in [-0.2, 0) is 9.59 Å². The molecule has 0 fully saturated rings. The number of nitrogens with one attached hydrogen (secondary N) is 3. The van der Waals surface area contributed by atoms with E-state index in [1.54, 1.807) is 74.7 Å². The van der Waals surface area contributed by atoms with Crippen LogP contribution in [0.3, 0.4) is 0 Å². The zero-order valence-electron chi connectivity index (χ0n) is 25.9. The first-order valence-electron chi connectivity index (χ1n) is 14.5. The van der Waals surface area contributed by atoms with Crippen molar-refractivity contribution in [2.24, 2.45) is 0 Å². The first kappa shape index (κ1) is 33.0. The van der Waals surface area contributed by atoms with Gasteiger partial charge in [0, 0.05) is 32.7 Å². The summed E-state index contributed by atoms with van der Waals surface area (Å²) in [6.45, 7) is 1.80. The molecule has 5 aromatic rings. The summed E-state index contributed by atoms with van der Waals surface area (Å²) in [6, 6.07) is 30.5. The number of nitrogens with zero attached hydrogens (tertiary/aromatic N) is 1. The number of hydrogen-bond donors (Lipinski definition) is 3. The van der Waals surface area contributed by atoms with Gasteiger partial charge in [0.25, 0.3) is 11.8 Å². The number of aromatic nitrogens is 1. The molecule has 47 heavy (non-hydrogen) atoms. The number of para-hydroxylation sites is 1. The molecule has 0 saturated carbocycles. The number of ether oxygens (including phenoxy) is 2. The maximum atomic E-state index is 13.5. The smallest absolute Gasteiger partial charge is 0.272 e.